The number of halogens is 1. The van der Waals surface area contributed by atoms with Crippen LogP contribution in [-0.4, -0.2) is 47.0 Å². The van der Waals surface area contributed by atoms with Gasteiger partial charge in [-0.2, -0.15) is 11.8 Å². The van der Waals surface area contributed by atoms with Crippen molar-refractivity contribution in [2.45, 2.75) is 19.9 Å². The highest BCUT2D eigenvalue weighted by atomic mass is 127. The van der Waals surface area contributed by atoms with Crippen LogP contribution < -0.4 is 15.2 Å². The Balaban J connectivity index is 0.00000280. The lowest BCUT2D eigenvalue weighted by Crippen LogP contribution is -2.42. The number of pyridine rings is 1. The van der Waals surface area contributed by atoms with Gasteiger partial charge in [-0.25, -0.2) is 9.98 Å². The Kier molecular flexibility index (Phi) is 9.69. The fraction of sp³-hybridized carbons (Fsp3) is 0.400. The van der Waals surface area contributed by atoms with Crippen molar-refractivity contribution in [2.24, 2.45) is 10.7 Å². The van der Waals surface area contributed by atoms with E-state index < -0.39 is 0 Å². The first-order valence-corrected chi connectivity index (χ1v) is 10.4. The van der Waals surface area contributed by atoms with E-state index in [4.69, 9.17) is 15.2 Å². The van der Waals surface area contributed by atoms with Gasteiger partial charge in [0.1, 0.15) is 0 Å². The van der Waals surface area contributed by atoms with E-state index in [0.717, 1.165) is 36.6 Å². The third kappa shape index (κ3) is 6.44. The molecule has 1 aromatic heterocycles. The molecule has 0 unspecified atom stereocenters. The van der Waals surface area contributed by atoms with Gasteiger partial charge in [0.05, 0.1) is 13.2 Å². The van der Waals surface area contributed by atoms with E-state index in [-0.39, 0.29) is 24.0 Å². The van der Waals surface area contributed by atoms with Gasteiger partial charge in [0.15, 0.2) is 17.5 Å². The lowest BCUT2D eigenvalue weighted by Gasteiger charge is -2.27. The van der Waals surface area contributed by atoms with Crippen LogP contribution in [0.15, 0.2) is 47.6 Å². The molecule has 0 saturated carbocycles. The van der Waals surface area contributed by atoms with Crippen molar-refractivity contribution in [2.75, 3.05) is 31.2 Å². The summed E-state index contributed by atoms with van der Waals surface area (Å²) in [4.78, 5) is 11.1. The second-order valence-corrected chi connectivity index (χ2v) is 7.36. The number of thioether (sulfide) groups is 1. The summed E-state index contributed by atoms with van der Waals surface area (Å²) in [7, 11) is 0. The molecule has 6 nitrogen and oxygen atoms in total. The average molecular weight is 514 g/mol. The van der Waals surface area contributed by atoms with Gasteiger partial charge in [-0.1, -0.05) is 25.1 Å². The van der Waals surface area contributed by atoms with Gasteiger partial charge in [0.2, 0.25) is 5.88 Å². The van der Waals surface area contributed by atoms with Gasteiger partial charge in [0, 0.05) is 36.4 Å². The zero-order chi connectivity index (χ0) is 18.9. The minimum Gasteiger partial charge on any atom is -0.490 e. The fourth-order valence-electron chi connectivity index (χ4n) is 2.66. The monoisotopic (exact) mass is 514 g/mol. The molecule has 1 aromatic carbocycles. The Morgan fingerprint density at radius 1 is 1.18 bits per heavy atom. The summed E-state index contributed by atoms with van der Waals surface area (Å²) in [6.45, 7) is 5.03. The van der Waals surface area contributed by atoms with Crippen molar-refractivity contribution in [3.63, 3.8) is 0 Å². The van der Waals surface area contributed by atoms with Crippen molar-refractivity contribution in [1.29, 1.82) is 0 Å². The predicted molar refractivity (Wildman–Crippen MR) is 126 cm³/mol. The van der Waals surface area contributed by atoms with E-state index in [0.29, 0.717) is 36.5 Å². The zero-order valence-corrected chi connectivity index (χ0v) is 19.2. The van der Waals surface area contributed by atoms with E-state index in [2.05, 4.69) is 21.8 Å². The maximum atomic E-state index is 6.16. The highest BCUT2D eigenvalue weighted by Gasteiger charge is 2.13. The quantitative estimate of drug-likeness (QED) is 0.340. The van der Waals surface area contributed by atoms with E-state index in [1.165, 1.54) is 0 Å². The van der Waals surface area contributed by atoms with Crippen molar-refractivity contribution in [3.05, 3.63) is 48.2 Å². The van der Waals surface area contributed by atoms with Gasteiger partial charge in [-0.3, -0.25) is 0 Å². The molecule has 2 aromatic rings. The first kappa shape index (κ1) is 22.6. The molecule has 0 spiro atoms. The molecule has 1 aliphatic rings. The molecule has 2 N–H and O–H groups in total. The van der Waals surface area contributed by atoms with Gasteiger partial charge in [0.25, 0.3) is 0 Å². The van der Waals surface area contributed by atoms with Crippen LogP contribution in [0.1, 0.15) is 18.9 Å². The van der Waals surface area contributed by atoms with Gasteiger partial charge >= 0.3 is 0 Å². The zero-order valence-electron chi connectivity index (χ0n) is 16.0. The Morgan fingerprint density at radius 3 is 2.68 bits per heavy atom. The Labute approximate surface area is 187 Å². The molecule has 28 heavy (non-hydrogen) atoms. The number of para-hydroxylation sites is 2. The lowest BCUT2D eigenvalue weighted by atomic mass is 10.2. The number of aromatic nitrogens is 1. The van der Waals surface area contributed by atoms with Crippen molar-refractivity contribution >= 4 is 41.7 Å². The van der Waals surface area contributed by atoms with Crippen LogP contribution in [0.25, 0.3) is 0 Å². The predicted octanol–water partition coefficient (Wildman–Crippen LogP) is 4.14. The molecule has 1 aliphatic heterocycles. The molecule has 8 heteroatoms. The average Bonchev–Trinajstić information content (AvgIpc) is 2.73. The van der Waals surface area contributed by atoms with E-state index in [9.17, 15) is 0 Å². The van der Waals surface area contributed by atoms with Gasteiger partial charge < -0.3 is 20.1 Å². The summed E-state index contributed by atoms with van der Waals surface area (Å²) in [5.74, 6) is 4.64. The summed E-state index contributed by atoms with van der Waals surface area (Å²) >= 11 is 1.95. The number of rotatable bonds is 7. The Morgan fingerprint density at radius 2 is 1.93 bits per heavy atom. The van der Waals surface area contributed by atoms with Crippen LogP contribution in [-0.2, 0) is 6.54 Å². The van der Waals surface area contributed by atoms with Crippen molar-refractivity contribution in [1.82, 2.24) is 9.88 Å². The third-order valence-corrected chi connectivity index (χ3v) is 5.06. The lowest BCUT2D eigenvalue weighted by molar-refractivity contribution is 0.300. The SMILES string of the molecule is CCCOc1ccccc1Oc1ncccc1CN=C(N)N1CCSCC1.I. The standard InChI is InChI=1S/C20H26N4O2S.HI/c1-2-12-25-17-7-3-4-8-18(17)26-19-16(6-5-9-22-19)15-23-20(21)24-10-13-27-14-11-24;/h3-9H,2,10-15H2,1H3,(H2,21,23);1H. The summed E-state index contributed by atoms with van der Waals surface area (Å²) in [6, 6.07) is 11.5. The molecule has 0 atom stereocenters. The topological polar surface area (TPSA) is 73.0 Å². The smallest absolute Gasteiger partial charge is 0.224 e. The molecular formula is C20H27IN4O2S. The summed E-state index contributed by atoms with van der Waals surface area (Å²) in [5.41, 5.74) is 7.05. The number of nitrogens with two attached hydrogens (primary N) is 1. The molecule has 0 bridgehead atoms. The van der Waals surface area contributed by atoms with E-state index in [1.807, 2.05) is 48.2 Å². The first-order chi connectivity index (χ1) is 13.3. The van der Waals surface area contributed by atoms with Crippen molar-refractivity contribution < 1.29 is 9.47 Å². The van der Waals surface area contributed by atoms with Crippen LogP contribution in [0.5, 0.6) is 17.4 Å². The number of aliphatic imine (C=N–C) groups is 1. The number of hydrogen-bond acceptors (Lipinski definition) is 5. The molecule has 0 amide bonds. The Hall–Kier alpha value is -1.68. The number of hydrogen-bond donors (Lipinski definition) is 1. The first-order valence-electron chi connectivity index (χ1n) is 9.24. The number of nitrogens with zero attached hydrogens (tertiary/aromatic N) is 3. The molecule has 1 saturated heterocycles. The Bertz CT molecular complexity index is 769. The maximum absolute atomic E-state index is 6.16. The maximum Gasteiger partial charge on any atom is 0.224 e. The fourth-order valence-corrected chi connectivity index (χ4v) is 3.57. The van der Waals surface area contributed by atoms with Crippen molar-refractivity contribution in [3.8, 4) is 17.4 Å². The number of benzene rings is 1. The number of guanidine groups is 1. The molecule has 1 fully saturated rings. The summed E-state index contributed by atoms with van der Waals surface area (Å²) in [5, 5.41) is 0. The second kappa shape index (κ2) is 12.0. The number of ether oxygens (including phenoxy) is 2. The van der Waals surface area contributed by atoms with Crippen LogP contribution in [0.4, 0.5) is 0 Å². The van der Waals surface area contributed by atoms with E-state index >= 15 is 0 Å². The third-order valence-electron chi connectivity index (χ3n) is 4.11. The van der Waals surface area contributed by atoms with Crippen LogP contribution in [0.3, 0.4) is 0 Å². The highest BCUT2D eigenvalue weighted by Crippen LogP contribution is 2.32. The molecule has 152 valence electrons. The minimum absolute atomic E-state index is 0. The largest absolute Gasteiger partial charge is 0.490 e. The van der Waals surface area contributed by atoms with Crippen LogP contribution >= 0.6 is 35.7 Å². The van der Waals surface area contributed by atoms with Gasteiger partial charge in [-0.05, 0) is 24.6 Å². The minimum atomic E-state index is 0. The highest BCUT2D eigenvalue weighted by molar-refractivity contribution is 14.0. The summed E-state index contributed by atoms with van der Waals surface area (Å²) in [6.07, 6.45) is 2.65. The molecular weight excluding hydrogens is 487 g/mol. The second-order valence-electron chi connectivity index (χ2n) is 6.14. The van der Waals surface area contributed by atoms with Crippen LogP contribution in [0, 0.1) is 0 Å². The summed E-state index contributed by atoms with van der Waals surface area (Å²) < 4.78 is 11.8. The molecule has 0 aliphatic carbocycles. The molecule has 3 rings (SSSR count). The molecule has 0 radical (unpaired) electrons. The van der Waals surface area contributed by atoms with Gasteiger partial charge in [-0.15, -0.1) is 24.0 Å². The normalized spacial score (nSPS) is 14.3. The van der Waals surface area contributed by atoms with E-state index in [1.54, 1.807) is 6.20 Å². The van der Waals surface area contributed by atoms with Crippen LogP contribution in [0.2, 0.25) is 0 Å². The molecule has 2 heterocycles.